The molecule has 0 spiro atoms. The summed E-state index contributed by atoms with van der Waals surface area (Å²) in [6.45, 7) is 11.3. The Balaban J connectivity index is 1.75. The van der Waals surface area contributed by atoms with Crippen molar-refractivity contribution in [3.05, 3.63) is 58.0 Å². The molecule has 2 aromatic carbocycles. The van der Waals surface area contributed by atoms with Gasteiger partial charge in [-0.2, -0.15) is 0 Å². The number of nitrogens with zero attached hydrogens (tertiary/aromatic N) is 6. The third-order valence-electron chi connectivity index (χ3n) is 7.21. The van der Waals surface area contributed by atoms with E-state index >= 15 is 0 Å². The predicted molar refractivity (Wildman–Crippen MR) is 182 cm³/mol. The number of methoxy groups -OCH3 is 1. The minimum absolute atomic E-state index is 0.286. The molecule has 13 heteroatoms. The highest BCUT2D eigenvalue weighted by Crippen LogP contribution is 2.44. The third-order valence-corrected chi connectivity index (χ3v) is 9.78. The lowest BCUT2D eigenvalue weighted by Crippen LogP contribution is -2.29. The van der Waals surface area contributed by atoms with Gasteiger partial charge in [-0.05, 0) is 44.8 Å². The molecule has 10 nitrogen and oxygen atoms in total. The smallest absolute Gasteiger partial charge is 0.260 e. The van der Waals surface area contributed by atoms with Crippen LogP contribution >= 0.6 is 23.2 Å². The molecule has 1 N–H and O–H groups in total. The first-order valence-electron chi connectivity index (χ1n) is 14.4. The van der Waals surface area contributed by atoms with Gasteiger partial charge >= 0.3 is 0 Å². The maximum absolute atomic E-state index is 13.7. The van der Waals surface area contributed by atoms with Gasteiger partial charge in [0.25, 0.3) is 5.91 Å². The summed E-state index contributed by atoms with van der Waals surface area (Å²) in [5.74, 6) is 1.14. The average Bonchev–Trinajstić information content (AvgIpc) is 3.41. The second kappa shape index (κ2) is 14.3. The molecule has 0 aliphatic rings. The highest BCUT2D eigenvalue weighted by molar-refractivity contribution is 6.76. The lowest BCUT2D eigenvalue weighted by molar-refractivity contribution is 0.0879. The molecule has 44 heavy (non-hydrogen) atoms. The molecule has 0 bridgehead atoms. The molecule has 236 valence electrons. The van der Waals surface area contributed by atoms with Crippen molar-refractivity contribution in [2.24, 2.45) is 0 Å². The number of rotatable bonds is 13. The molecule has 0 saturated carbocycles. The standard InChI is InChI=1S/C31H41Cl2N7O3Si/c1-20-17-23(42-5)27(33)25(26(20)32)21-9-10-22(28-29(21)36-24(18-35-28)39(4)14-13-38(2)3)30(41)37-31-34-11-12-40(31)19-43-15-16-44(6,7)8/h9-12,17-18H,13-16,19H2,1-8H3,(H,34,37,41). The first kappa shape index (κ1) is 33.7. The number of carbonyl (C=O) groups is 1. The van der Waals surface area contributed by atoms with Crippen molar-refractivity contribution >= 4 is 60.0 Å². The van der Waals surface area contributed by atoms with E-state index in [1.807, 2.05) is 33.0 Å². The van der Waals surface area contributed by atoms with Crippen molar-refractivity contribution in [3.8, 4) is 16.9 Å². The summed E-state index contributed by atoms with van der Waals surface area (Å²) >= 11 is 13.7. The number of carbonyl (C=O) groups excluding carboxylic acids is 1. The molecule has 4 aromatic rings. The SMILES string of the molecule is COc1cc(C)c(Cl)c(-c2ccc(C(=O)Nc3nccn3COCC[Si](C)(C)C)c3ncc(N(C)CCN(C)C)nc23)c1Cl. The van der Waals surface area contributed by atoms with E-state index in [1.165, 1.54) is 0 Å². The second-order valence-electron chi connectivity index (χ2n) is 12.2. The number of ether oxygens (including phenoxy) is 2. The summed E-state index contributed by atoms with van der Waals surface area (Å²) in [7, 11) is 6.33. The number of benzene rings is 2. The Morgan fingerprint density at radius 2 is 1.82 bits per heavy atom. The average molecular weight is 659 g/mol. The number of aryl methyl sites for hydroxylation is 1. The third kappa shape index (κ3) is 7.88. The summed E-state index contributed by atoms with van der Waals surface area (Å²) in [5, 5.41) is 3.75. The number of hydrogen-bond acceptors (Lipinski definition) is 8. The van der Waals surface area contributed by atoms with E-state index in [1.54, 1.807) is 48.5 Å². The number of anilines is 2. The molecule has 0 fully saturated rings. The first-order valence-corrected chi connectivity index (χ1v) is 18.9. The predicted octanol–water partition coefficient (Wildman–Crippen LogP) is 6.68. The van der Waals surface area contributed by atoms with Gasteiger partial charge in [0.05, 0.1) is 34.4 Å². The van der Waals surface area contributed by atoms with Gasteiger partial charge in [0, 0.05) is 58.3 Å². The van der Waals surface area contributed by atoms with Crippen molar-refractivity contribution < 1.29 is 14.3 Å². The van der Waals surface area contributed by atoms with Crippen LogP contribution in [-0.2, 0) is 11.5 Å². The summed E-state index contributed by atoms with van der Waals surface area (Å²) in [6, 6.07) is 6.35. The van der Waals surface area contributed by atoms with Gasteiger partial charge in [0.1, 0.15) is 23.8 Å². The Hall–Kier alpha value is -3.22. The fraction of sp³-hybridized carbons (Fsp3) is 0.419. The number of halogens is 2. The van der Waals surface area contributed by atoms with Gasteiger partial charge in [-0.3, -0.25) is 14.7 Å². The van der Waals surface area contributed by atoms with Gasteiger partial charge in [-0.25, -0.2) is 15.0 Å². The van der Waals surface area contributed by atoms with E-state index in [9.17, 15) is 4.79 Å². The van der Waals surface area contributed by atoms with E-state index in [0.29, 0.717) is 61.9 Å². The molecular weight excluding hydrogens is 617 g/mol. The van der Waals surface area contributed by atoms with Crippen LogP contribution in [0.4, 0.5) is 11.8 Å². The zero-order chi connectivity index (χ0) is 32.2. The first-order chi connectivity index (χ1) is 20.8. The van der Waals surface area contributed by atoms with Crippen molar-refractivity contribution in [2.45, 2.75) is 39.3 Å². The molecule has 4 rings (SSSR count). The number of fused-ring (bicyclic) bond motifs is 1. The molecule has 1 amide bonds. The Bertz CT molecular complexity index is 1640. The zero-order valence-corrected chi connectivity index (χ0v) is 29.2. The van der Waals surface area contributed by atoms with E-state index in [2.05, 4.69) is 34.8 Å². The van der Waals surface area contributed by atoms with Crippen molar-refractivity contribution in [3.63, 3.8) is 0 Å². The topological polar surface area (TPSA) is 97.6 Å². The minimum atomic E-state index is -1.22. The minimum Gasteiger partial charge on any atom is -0.495 e. The number of amides is 1. The summed E-state index contributed by atoms with van der Waals surface area (Å²) in [6.07, 6.45) is 5.07. The normalized spacial score (nSPS) is 11.8. The van der Waals surface area contributed by atoms with Crippen LogP contribution in [0.15, 0.2) is 36.8 Å². The Morgan fingerprint density at radius 3 is 2.50 bits per heavy atom. The Kier molecular flexibility index (Phi) is 10.9. The van der Waals surface area contributed by atoms with Gasteiger partial charge in [0.15, 0.2) is 0 Å². The molecule has 0 atom stereocenters. The van der Waals surface area contributed by atoms with Gasteiger partial charge < -0.3 is 19.3 Å². The summed E-state index contributed by atoms with van der Waals surface area (Å²) in [5.41, 5.74) is 3.23. The molecule has 0 aliphatic carbocycles. The quantitative estimate of drug-likeness (QED) is 0.126. The largest absolute Gasteiger partial charge is 0.495 e. The lowest BCUT2D eigenvalue weighted by atomic mass is 9.98. The number of likely N-dealkylation sites (N-methyl/N-ethyl adjacent to an activating group) is 2. The summed E-state index contributed by atoms with van der Waals surface area (Å²) in [4.78, 5) is 31.9. The lowest BCUT2D eigenvalue weighted by Gasteiger charge is -2.21. The summed E-state index contributed by atoms with van der Waals surface area (Å²) < 4.78 is 13.2. The Labute approximate surface area is 270 Å². The second-order valence-corrected chi connectivity index (χ2v) is 18.6. The fourth-order valence-corrected chi connectivity index (χ4v) is 5.88. The number of hydrogen-bond donors (Lipinski definition) is 1. The van der Waals surface area contributed by atoms with Crippen LogP contribution in [0.2, 0.25) is 35.7 Å². The fourth-order valence-electron chi connectivity index (χ4n) is 4.50. The van der Waals surface area contributed by atoms with Gasteiger partial charge in [0.2, 0.25) is 5.95 Å². The molecule has 0 unspecified atom stereocenters. The molecule has 0 radical (unpaired) electrons. The van der Waals surface area contributed by atoms with Crippen molar-refractivity contribution in [2.75, 3.05) is 58.2 Å². The maximum atomic E-state index is 13.7. The van der Waals surface area contributed by atoms with Crippen LogP contribution in [0.25, 0.3) is 22.2 Å². The van der Waals surface area contributed by atoms with E-state index in [4.69, 9.17) is 42.6 Å². The Morgan fingerprint density at radius 1 is 1.07 bits per heavy atom. The molecule has 0 saturated heterocycles. The molecule has 2 aromatic heterocycles. The van der Waals surface area contributed by atoms with Gasteiger partial charge in [-0.1, -0.05) is 48.9 Å². The van der Waals surface area contributed by atoms with Crippen LogP contribution in [0.3, 0.4) is 0 Å². The van der Waals surface area contributed by atoms with Gasteiger partial charge in [-0.15, -0.1) is 0 Å². The number of imidazole rings is 1. The highest BCUT2D eigenvalue weighted by Gasteiger charge is 2.23. The molecule has 2 heterocycles. The molecular formula is C31H41Cl2N7O3Si. The van der Waals surface area contributed by atoms with E-state index < -0.39 is 8.07 Å². The number of nitrogens with one attached hydrogen (secondary N) is 1. The van der Waals surface area contributed by atoms with Crippen LogP contribution in [0.1, 0.15) is 15.9 Å². The van der Waals surface area contributed by atoms with Crippen LogP contribution in [-0.4, -0.2) is 86.3 Å². The van der Waals surface area contributed by atoms with Crippen LogP contribution in [0, 0.1) is 6.92 Å². The van der Waals surface area contributed by atoms with Crippen molar-refractivity contribution in [1.29, 1.82) is 0 Å². The van der Waals surface area contributed by atoms with E-state index in [0.717, 1.165) is 24.7 Å². The monoisotopic (exact) mass is 657 g/mol. The van der Waals surface area contributed by atoms with Crippen LogP contribution in [0.5, 0.6) is 5.75 Å². The zero-order valence-electron chi connectivity index (χ0n) is 26.7. The van der Waals surface area contributed by atoms with Crippen molar-refractivity contribution in [1.82, 2.24) is 24.4 Å². The molecule has 0 aliphatic heterocycles. The van der Waals surface area contributed by atoms with E-state index in [-0.39, 0.29) is 12.6 Å². The van der Waals surface area contributed by atoms with Crippen LogP contribution < -0.4 is 15.0 Å². The number of aromatic nitrogens is 4. The maximum Gasteiger partial charge on any atom is 0.260 e. The highest BCUT2D eigenvalue weighted by atomic mass is 35.5.